The molecule has 0 spiro atoms. The number of unbranched alkanes of at least 4 members (excludes halogenated alkanes) is 5. The summed E-state index contributed by atoms with van der Waals surface area (Å²) in [5.41, 5.74) is 0.757. The van der Waals surface area contributed by atoms with Gasteiger partial charge in [-0.15, -0.1) is 0 Å². The van der Waals surface area contributed by atoms with Crippen molar-refractivity contribution >= 4 is 28.5 Å². The van der Waals surface area contributed by atoms with Crippen molar-refractivity contribution in [1.29, 1.82) is 0 Å². The zero-order valence-corrected chi connectivity index (χ0v) is 13.2. The lowest BCUT2D eigenvalue weighted by Crippen LogP contribution is -2.24. The summed E-state index contributed by atoms with van der Waals surface area (Å²) in [6, 6.07) is 7.68. The average molecular weight is 359 g/mol. The molecule has 0 saturated heterocycles. The quantitative estimate of drug-likeness (QED) is 0.542. The first-order valence-electron chi connectivity index (χ1n) is 6.78. The van der Waals surface area contributed by atoms with Crippen LogP contribution < -0.4 is 5.32 Å². The standard InChI is InChI=1S/C15H22INO/c1-2-3-4-5-6-7-11-17-15(18)13-9-8-10-14(16)12-13/h8-10,12H,2-7,11H2,1H3,(H,17,18). The van der Waals surface area contributed by atoms with Crippen molar-refractivity contribution in [3.8, 4) is 0 Å². The predicted molar refractivity (Wildman–Crippen MR) is 84.9 cm³/mol. The molecule has 2 nitrogen and oxygen atoms in total. The van der Waals surface area contributed by atoms with Crippen LogP contribution in [0.2, 0.25) is 0 Å². The number of rotatable bonds is 8. The normalized spacial score (nSPS) is 10.3. The van der Waals surface area contributed by atoms with E-state index in [0.29, 0.717) is 0 Å². The fourth-order valence-electron chi connectivity index (χ4n) is 1.84. The maximum absolute atomic E-state index is 11.8. The molecule has 0 aromatic heterocycles. The van der Waals surface area contributed by atoms with E-state index < -0.39 is 0 Å². The Morgan fingerprint density at radius 3 is 2.61 bits per heavy atom. The van der Waals surface area contributed by atoms with Crippen LogP contribution in [0.15, 0.2) is 24.3 Å². The monoisotopic (exact) mass is 359 g/mol. The molecule has 1 aromatic carbocycles. The Morgan fingerprint density at radius 1 is 1.17 bits per heavy atom. The van der Waals surface area contributed by atoms with E-state index in [1.54, 1.807) is 0 Å². The second-order valence-electron chi connectivity index (χ2n) is 4.53. The van der Waals surface area contributed by atoms with E-state index in [-0.39, 0.29) is 5.91 Å². The van der Waals surface area contributed by atoms with Gasteiger partial charge in [0.15, 0.2) is 0 Å². The van der Waals surface area contributed by atoms with Gasteiger partial charge in [0.1, 0.15) is 0 Å². The molecule has 0 fully saturated rings. The number of carbonyl (C=O) groups excluding carboxylic acids is 1. The third-order valence-electron chi connectivity index (χ3n) is 2.90. The molecule has 0 saturated carbocycles. The summed E-state index contributed by atoms with van der Waals surface area (Å²) in [4.78, 5) is 11.8. The minimum Gasteiger partial charge on any atom is -0.352 e. The number of amides is 1. The third kappa shape index (κ3) is 6.38. The van der Waals surface area contributed by atoms with Gasteiger partial charge in [0, 0.05) is 15.7 Å². The van der Waals surface area contributed by atoms with Crippen molar-refractivity contribution in [2.45, 2.75) is 45.4 Å². The lowest BCUT2D eigenvalue weighted by atomic mass is 10.1. The van der Waals surface area contributed by atoms with E-state index in [4.69, 9.17) is 0 Å². The van der Waals surface area contributed by atoms with Crippen molar-refractivity contribution in [3.63, 3.8) is 0 Å². The molecule has 0 aliphatic rings. The van der Waals surface area contributed by atoms with E-state index in [1.165, 1.54) is 32.1 Å². The molecule has 1 rings (SSSR count). The highest BCUT2D eigenvalue weighted by atomic mass is 127. The van der Waals surface area contributed by atoms with Gasteiger partial charge in [0.2, 0.25) is 0 Å². The number of halogens is 1. The summed E-state index contributed by atoms with van der Waals surface area (Å²) in [5.74, 6) is 0.0436. The Morgan fingerprint density at radius 2 is 1.89 bits per heavy atom. The van der Waals surface area contributed by atoms with Crippen molar-refractivity contribution < 1.29 is 4.79 Å². The van der Waals surface area contributed by atoms with Crippen LogP contribution in [0.3, 0.4) is 0 Å². The van der Waals surface area contributed by atoms with Gasteiger partial charge in [-0.05, 0) is 47.2 Å². The maximum Gasteiger partial charge on any atom is 0.251 e. The highest BCUT2D eigenvalue weighted by Crippen LogP contribution is 2.08. The Hall–Kier alpha value is -0.580. The molecular formula is C15H22INO. The van der Waals surface area contributed by atoms with E-state index in [0.717, 1.165) is 22.1 Å². The molecule has 18 heavy (non-hydrogen) atoms. The number of hydrogen-bond donors (Lipinski definition) is 1. The highest BCUT2D eigenvalue weighted by molar-refractivity contribution is 14.1. The fourth-order valence-corrected chi connectivity index (χ4v) is 2.38. The fraction of sp³-hybridized carbons (Fsp3) is 0.533. The van der Waals surface area contributed by atoms with E-state index >= 15 is 0 Å². The first-order valence-corrected chi connectivity index (χ1v) is 7.85. The molecule has 1 aromatic rings. The molecule has 1 N–H and O–H groups in total. The van der Waals surface area contributed by atoms with Crippen molar-refractivity contribution in [1.82, 2.24) is 5.32 Å². The van der Waals surface area contributed by atoms with Crippen LogP contribution in [0.1, 0.15) is 55.8 Å². The number of benzene rings is 1. The lowest BCUT2D eigenvalue weighted by molar-refractivity contribution is 0.0953. The van der Waals surface area contributed by atoms with Crippen molar-refractivity contribution in [2.24, 2.45) is 0 Å². The molecule has 0 unspecified atom stereocenters. The smallest absolute Gasteiger partial charge is 0.251 e. The topological polar surface area (TPSA) is 29.1 Å². The summed E-state index contributed by atoms with van der Waals surface area (Å²) in [7, 11) is 0. The minimum absolute atomic E-state index is 0.0436. The van der Waals surface area contributed by atoms with Crippen LogP contribution in [-0.4, -0.2) is 12.5 Å². The molecule has 0 bridgehead atoms. The molecule has 0 heterocycles. The van der Waals surface area contributed by atoms with E-state index in [1.807, 2.05) is 24.3 Å². The van der Waals surface area contributed by atoms with Gasteiger partial charge < -0.3 is 5.32 Å². The largest absolute Gasteiger partial charge is 0.352 e. The predicted octanol–water partition coefficient (Wildman–Crippen LogP) is 4.38. The molecule has 1 amide bonds. The molecule has 0 atom stereocenters. The van der Waals surface area contributed by atoms with Crippen molar-refractivity contribution in [2.75, 3.05) is 6.54 Å². The van der Waals surface area contributed by atoms with E-state index in [2.05, 4.69) is 34.8 Å². The van der Waals surface area contributed by atoms with Gasteiger partial charge in [-0.25, -0.2) is 0 Å². The van der Waals surface area contributed by atoms with Gasteiger partial charge in [-0.3, -0.25) is 4.79 Å². The SMILES string of the molecule is CCCCCCCCNC(=O)c1cccc(I)c1. The molecule has 0 aliphatic carbocycles. The van der Waals surface area contributed by atoms with Crippen LogP contribution >= 0.6 is 22.6 Å². The van der Waals surface area contributed by atoms with Crippen LogP contribution in [0.5, 0.6) is 0 Å². The Kier molecular flexibility index (Phi) is 8.05. The molecule has 3 heteroatoms. The van der Waals surface area contributed by atoms with Gasteiger partial charge in [-0.1, -0.05) is 45.1 Å². The van der Waals surface area contributed by atoms with Gasteiger partial charge in [-0.2, -0.15) is 0 Å². The van der Waals surface area contributed by atoms with Crippen LogP contribution in [0.4, 0.5) is 0 Å². The number of nitrogens with one attached hydrogen (secondary N) is 1. The molecule has 100 valence electrons. The van der Waals surface area contributed by atoms with Crippen LogP contribution in [0, 0.1) is 3.57 Å². The Bertz CT molecular complexity index is 365. The Labute approximate surface area is 124 Å². The summed E-state index contributed by atoms with van der Waals surface area (Å²) < 4.78 is 1.10. The summed E-state index contributed by atoms with van der Waals surface area (Å²) in [6.45, 7) is 3.01. The maximum atomic E-state index is 11.8. The molecular weight excluding hydrogens is 337 g/mol. The highest BCUT2D eigenvalue weighted by Gasteiger charge is 2.04. The zero-order chi connectivity index (χ0) is 13.2. The average Bonchev–Trinajstić information content (AvgIpc) is 2.37. The third-order valence-corrected chi connectivity index (χ3v) is 3.57. The Balaban J connectivity index is 2.14. The summed E-state index contributed by atoms with van der Waals surface area (Å²) in [5, 5.41) is 2.97. The summed E-state index contributed by atoms with van der Waals surface area (Å²) >= 11 is 2.22. The molecule has 0 aliphatic heterocycles. The van der Waals surface area contributed by atoms with Gasteiger partial charge in [0.25, 0.3) is 5.91 Å². The number of hydrogen-bond acceptors (Lipinski definition) is 1. The van der Waals surface area contributed by atoms with Gasteiger partial charge >= 0.3 is 0 Å². The lowest BCUT2D eigenvalue weighted by Gasteiger charge is -2.05. The molecule has 0 radical (unpaired) electrons. The van der Waals surface area contributed by atoms with Crippen molar-refractivity contribution in [3.05, 3.63) is 33.4 Å². The first-order chi connectivity index (χ1) is 8.74. The second kappa shape index (κ2) is 9.36. The minimum atomic E-state index is 0.0436. The second-order valence-corrected chi connectivity index (χ2v) is 5.78. The van der Waals surface area contributed by atoms with Gasteiger partial charge in [0.05, 0.1) is 0 Å². The van der Waals surface area contributed by atoms with Crippen LogP contribution in [-0.2, 0) is 0 Å². The zero-order valence-electron chi connectivity index (χ0n) is 11.0. The van der Waals surface area contributed by atoms with E-state index in [9.17, 15) is 4.79 Å². The first kappa shape index (κ1) is 15.5. The van der Waals surface area contributed by atoms with Crippen LogP contribution in [0.25, 0.3) is 0 Å². The number of carbonyl (C=O) groups is 1. The summed E-state index contributed by atoms with van der Waals surface area (Å²) in [6.07, 6.45) is 7.51.